The Kier molecular flexibility index (Phi) is 4.58. The zero-order chi connectivity index (χ0) is 17.3. The summed E-state index contributed by atoms with van der Waals surface area (Å²) in [5, 5.41) is 0. The molecule has 0 N–H and O–H groups in total. The summed E-state index contributed by atoms with van der Waals surface area (Å²) < 4.78 is 55.7. The summed E-state index contributed by atoms with van der Waals surface area (Å²) in [6.07, 6.45) is -5.74. The number of rotatable bonds is 2. The summed E-state index contributed by atoms with van der Waals surface area (Å²) in [5.74, 6) is 0.504. The zero-order valence-electron chi connectivity index (χ0n) is 13.1. The third kappa shape index (κ3) is 3.43. The fourth-order valence-electron chi connectivity index (χ4n) is 3.02. The Morgan fingerprint density at radius 2 is 1.92 bits per heavy atom. The molecule has 0 saturated carbocycles. The van der Waals surface area contributed by atoms with Gasteiger partial charge in [-0.25, -0.2) is 0 Å². The van der Waals surface area contributed by atoms with Crippen molar-refractivity contribution in [2.24, 2.45) is 0 Å². The van der Waals surface area contributed by atoms with E-state index < -0.39 is 24.2 Å². The number of benzene rings is 1. The van der Waals surface area contributed by atoms with Crippen molar-refractivity contribution < 1.29 is 32.2 Å². The summed E-state index contributed by atoms with van der Waals surface area (Å²) in [6.45, 7) is 2.21. The van der Waals surface area contributed by atoms with Gasteiger partial charge >= 0.3 is 6.18 Å². The van der Waals surface area contributed by atoms with Crippen LogP contribution in [0.1, 0.15) is 12.5 Å². The van der Waals surface area contributed by atoms with Gasteiger partial charge in [0.05, 0.1) is 19.1 Å². The normalized spacial score (nSPS) is 23.9. The van der Waals surface area contributed by atoms with Crippen molar-refractivity contribution in [2.75, 3.05) is 26.4 Å². The maximum atomic E-state index is 13.3. The van der Waals surface area contributed by atoms with E-state index in [0.29, 0.717) is 30.3 Å². The number of ether oxygens (including phenoxy) is 3. The third-order valence-corrected chi connectivity index (χ3v) is 4.11. The molecule has 2 atom stereocenters. The Balaban J connectivity index is 1.76. The molecule has 5 nitrogen and oxygen atoms in total. The van der Waals surface area contributed by atoms with Gasteiger partial charge in [0.15, 0.2) is 17.5 Å². The van der Waals surface area contributed by atoms with Gasteiger partial charge in [-0.15, -0.1) is 0 Å². The second-order valence-electron chi connectivity index (χ2n) is 5.80. The van der Waals surface area contributed by atoms with E-state index in [1.165, 1.54) is 6.92 Å². The molecule has 0 unspecified atom stereocenters. The number of alkyl halides is 3. The molecule has 3 rings (SSSR count). The highest BCUT2D eigenvalue weighted by Gasteiger charge is 2.50. The lowest BCUT2D eigenvalue weighted by Gasteiger charge is -2.40. The van der Waals surface area contributed by atoms with Crippen LogP contribution in [0.25, 0.3) is 0 Å². The molecular formula is C16H18F3NO4. The first kappa shape index (κ1) is 16.9. The molecule has 8 heteroatoms. The van der Waals surface area contributed by atoms with Crippen molar-refractivity contribution in [3.05, 3.63) is 23.8 Å². The van der Waals surface area contributed by atoms with Crippen molar-refractivity contribution in [2.45, 2.75) is 31.7 Å². The third-order valence-electron chi connectivity index (χ3n) is 4.11. The first-order chi connectivity index (χ1) is 11.4. The summed E-state index contributed by atoms with van der Waals surface area (Å²) in [4.78, 5) is 13.3. The van der Waals surface area contributed by atoms with Crippen molar-refractivity contribution in [3.63, 3.8) is 0 Å². The van der Waals surface area contributed by atoms with Crippen molar-refractivity contribution in [3.8, 4) is 11.5 Å². The summed E-state index contributed by atoms with van der Waals surface area (Å²) in [7, 11) is 0. The highest BCUT2D eigenvalue weighted by Crippen LogP contribution is 2.33. The number of carbonyl (C=O) groups is 1. The quantitative estimate of drug-likeness (QED) is 0.824. The van der Waals surface area contributed by atoms with Gasteiger partial charge in [0, 0.05) is 6.54 Å². The van der Waals surface area contributed by atoms with Crippen LogP contribution in [0.2, 0.25) is 0 Å². The van der Waals surface area contributed by atoms with Crippen molar-refractivity contribution in [1.82, 2.24) is 4.90 Å². The van der Waals surface area contributed by atoms with Crippen LogP contribution in [0.5, 0.6) is 11.5 Å². The molecule has 1 fully saturated rings. The van der Waals surface area contributed by atoms with Crippen LogP contribution in [0, 0.1) is 0 Å². The van der Waals surface area contributed by atoms with E-state index in [-0.39, 0.29) is 19.6 Å². The number of halogens is 3. The lowest BCUT2D eigenvalue weighted by atomic mass is 10.1. The maximum Gasteiger partial charge on any atom is 0.411 e. The molecule has 1 aromatic carbocycles. The monoisotopic (exact) mass is 345 g/mol. The minimum Gasteiger partial charge on any atom is -0.486 e. The lowest BCUT2D eigenvalue weighted by molar-refractivity contribution is -0.229. The molecular weight excluding hydrogens is 327 g/mol. The average Bonchev–Trinajstić information content (AvgIpc) is 2.53. The van der Waals surface area contributed by atoms with E-state index in [0.717, 1.165) is 4.90 Å². The topological polar surface area (TPSA) is 48.0 Å². The molecule has 0 spiro atoms. The Morgan fingerprint density at radius 3 is 2.62 bits per heavy atom. The molecule has 1 saturated heterocycles. The Bertz CT molecular complexity index is 620. The number of hydrogen-bond acceptors (Lipinski definition) is 4. The Hall–Kier alpha value is -1.96. The van der Waals surface area contributed by atoms with Crippen LogP contribution >= 0.6 is 0 Å². The van der Waals surface area contributed by atoms with Crippen LogP contribution in [0.3, 0.4) is 0 Å². The van der Waals surface area contributed by atoms with E-state index in [9.17, 15) is 18.0 Å². The predicted molar refractivity (Wildman–Crippen MR) is 78.1 cm³/mol. The van der Waals surface area contributed by atoms with E-state index in [4.69, 9.17) is 14.2 Å². The largest absolute Gasteiger partial charge is 0.486 e. The second-order valence-corrected chi connectivity index (χ2v) is 5.80. The number of amides is 1. The average molecular weight is 345 g/mol. The van der Waals surface area contributed by atoms with Crippen LogP contribution in [-0.4, -0.2) is 55.5 Å². The van der Waals surface area contributed by atoms with Gasteiger partial charge in [-0.2, -0.15) is 13.2 Å². The van der Waals surface area contributed by atoms with Gasteiger partial charge in [-0.05, 0) is 24.6 Å². The van der Waals surface area contributed by atoms with E-state index >= 15 is 0 Å². The molecule has 2 heterocycles. The highest BCUT2D eigenvalue weighted by molar-refractivity contribution is 5.79. The van der Waals surface area contributed by atoms with Gasteiger partial charge in [0.25, 0.3) is 0 Å². The van der Waals surface area contributed by atoms with Gasteiger partial charge in [-0.1, -0.05) is 6.07 Å². The minimum atomic E-state index is -4.53. The zero-order valence-corrected chi connectivity index (χ0v) is 13.1. The van der Waals surface area contributed by atoms with Gasteiger partial charge < -0.3 is 19.1 Å². The Labute approximate surface area is 137 Å². The molecule has 2 aliphatic heterocycles. The smallest absolute Gasteiger partial charge is 0.411 e. The number of morpholine rings is 1. The molecule has 1 aromatic rings. The first-order valence-electron chi connectivity index (χ1n) is 7.72. The van der Waals surface area contributed by atoms with E-state index in [1.54, 1.807) is 18.2 Å². The van der Waals surface area contributed by atoms with Crippen molar-refractivity contribution >= 4 is 5.91 Å². The lowest BCUT2D eigenvalue weighted by Crippen LogP contribution is -2.59. The predicted octanol–water partition coefficient (Wildman–Crippen LogP) is 2.18. The van der Waals surface area contributed by atoms with Gasteiger partial charge in [0.1, 0.15) is 13.2 Å². The fraction of sp³-hybridized carbons (Fsp3) is 0.562. The highest BCUT2D eigenvalue weighted by atomic mass is 19.4. The summed E-state index contributed by atoms with van der Waals surface area (Å²) in [5.41, 5.74) is 0.587. The van der Waals surface area contributed by atoms with E-state index in [2.05, 4.69) is 0 Å². The number of nitrogens with zero attached hydrogens (tertiary/aromatic N) is 1. The molecule has 132 valence electrons. The molecule has 0 aromatic heterocycles. The first-order valence-corrected chi connectivity index (χ1v) is 7.72. The van der Waals surface area contributed by atoms with Crippen LogP contribution < -0.4 is 9.47 Å². The summed E-state index contributed by atoms with van der Waals surface area (Å²) >= 11 is 0. The second kappa shape index (κ2) is 6.51. The maximum absolute atomic E-state index is 13.3. The number of carbonyl (C=O) groups excluding carboxylic acids is 1. The molecule has 0 bridgehead atoms. The SMILES string of the molecule is C[C@@H]1OCCN(C(=O)Cc2ccc3c(c2)OCCO3)[C@@H]1C(F)(F)F. The van der Waals surface area contributed by atoms with Crippen LogP contribution in [-0.2, 0) is 16.0 Å². The molecule has 2 aliphatic rings. The number of fused-ring (bicyclic) bond motifs is 1. The summed E-state index contributed by atoms with van der Waals surface area (Å²) in [6, 6.07) is 3.05. The van der Waals surface area contributed by atoms with Gasteiger partial charge in [0.2, 0.25) is 5.91 Å². The van der Waals surface area contributed by atoms with E-state index in [1.807, 2.05) is 0 Å². The minimum absolute atomic E-state index is 0.0715. The fourth-order valence-corrected chi connectivity index (χ4v) is 3.02. The molecule has 1 amide bonds. The van der Waals surface area contributed by atoms with Crippen LogP contribution in [0.15, 0.2) is 18.2 Å². The molecule has 0 aliphatic carbocycles. The Morgan fingerprint density at radius 1 is 1.21 bits per heavy atom. The molecule has 0 radical (unpaired) electrons. The number of hydrogen-bond donors (Lipinski definition) is 0. The molecule has 24 heavy (non-hydrogen) atoms. The van der Waals surface area contributed by atoms with Gasteiger partial charge in [-0.3, -0.25) is 4.79 Å². The van der Waals surface area contributed by atoms with Crippen LogP contribution in [0.4, 0.5) is 13.2 Å². The van der Waals surface area contributed by atoms with Crippen molar-refractivity contribution in [1.29, 1.82) is 0 Å². The standard InChI is InChI=1S/C16H18F3NO4/c1-10-15(16(17,18)19)20(4-5-22-10)14(21)9-11-2-3-12-13(8-11)24-7-6-23-12/h2-3,8,10,15H,4-7,9H2,1H3/t10-,15-/m0/s1.